The first kappa shape index (κ1) is 13.3. The topological polar surface area (TPSA) is 52.4 Å². The Labute approximate surface area is 113 Å². The lowest BCUT2D eigenvalue weighted by molar-refractivity contribution is -0.388. The standard InChI is InChI=1S/C13H9ClFNO3/c1-8-7-9(5-6-10(8)14)19-12-4-2-3-11(15)13(12)16(17)18/h2-7H,1H3. The van der Waals surface area contributed by atoms with E-state index < -0.39 is 16.4 Å². The van der Waals surface area contributed by atoms with E-state index in [0.717, 1.165) is 11.6 Å². The molecule has 0 radical (unpaired) electrons. The van der Waals surface area contributed by atoms with Gasteiger partial charge in [0.25, 0.3) is 0 Å². The molecule has 0 aliphatic heterocycles. The maximum atomic E-state index is 13.4. The lowest BCUT2D eigenvalue weighted by atomic mass is 10.2. The number of nitro benzene ring substituents is 1. The average molecular weight is 282 g/mol. The summed E-state index contributed by atoms with van der Waals surface area (Å²) in [4.78, 5) is 10.0. The minimum atomic E-state index is -0.937. The minimum Gasteiger partial charge on any atom is -0.450 e. The van der Waals surface area contributed by atoms with Crippen molar-refractivity contribution in [2.45, 2.75) is 6.92 Å². The molecule has 4 nitrogen and oxygen atoms in total. The van der Waals surface area contributed by atoms with Crippen molar-refractivity contribution in [3.05, 3.63) is 62.9 Å². The summed E-state index contributed by atoms with van der Waals surface area (Å²) in [6.07, 6.45) is 0. The van der Waals surface area contributed by atoms with Gasteiger partial charge >= 0.3 is 5.69 Å². The molecule has 0 spiro atoms. The van der Waals surface area contributed by atoms with Crippen molar-refractivity contribution in [1.82, 2.24) is 0 Å². The molecule has 2 aromatic rings. The number of nitrogens with zero attached hydrogens (tertiary/aromatic N) is 1. The first-order valence-corrected chi connectivity index (χ1v) is 5.73. The van der Waals surface area contributed by atoms with Crippen molar-refractivity contribution in [3.8, 4) is 11.5 Å². The van der Waals surface area contributed by atoms with E-state index in [4.69, 9.17) is 16.3 Å². The highest BCUT2D eigenvalue weighted by molar-refractivity contribution is 6.31. The predicted molar refractivity (Wildman–Crippen MR) is 69.3 cm³/mol. The summed E-state index contributed by atoms with van der Waals surface area (Å²) in [6.45, 7) is 1.77. The zero-order chi connectivity index (χ0) is 14.0. The van der Waals surface area contributed by atoms with Crippen molar-refractivity contribution < 1.29 is 14.1 Å². The number of nitro groups is 1. The van der Waals surface area contributed by atoms with Gasteiger partial charge in [-0.05, 0) is 42.8 Å². The largest absolute Gasteiger partial charge is 0.450 e. The SMILES string of the molecule is Cc1cc(Oc2cccc(F)c2[N+](=O)[O-])ccc1Cl. The fourth-order valence-electron chi connectivity index (χ4n) is 1.56. The Bertz CT molecular complexity index is 646. The summed E-state index contributed by atoms with van der Waals surface area (Å²) >= 11 is 5.87. The van der Waals surface area contributed by atoms with E-state index in [1.54, 1.807) is 25.1 Å². The van der Waals surface area contributed by atoms with Crippen LogP contribution < -0.4 is 4.74 Å². The third kappa shape index (κ3) is 2.82. The summed E-state index contributed by atoms with van der Waals surface area (Å²) in [5, 5.41) is 11.4. The van der Waals surface area contributed by atoms with Gasteiger partial charge in [0.2, 0.25) is 11.6 Å². The van der Waals surface area contributed by atoms with Gasteiger partial charge in [0.15, 0.2) is 0 Å². The number of rotatable bonds is 3. The molecule has 0 saturated heterocycles. The Hall–Kier alpha value is -2.14. The maximum Gasteiger partial charge on any atom is 0.346 e. The fraction of sp³-hybridized carbons (Fsp3) is 0.0769. The van der Waals surface area contributed by atoms with E-state index in [-0.39, 0.29) is 5.75 Å². The number of halogens is 2. The van der Waals surface area contributed by atoms with Crippen LogP contribution in [-0.4, -0.2) is 4.92 Å². The zero-order valence-corrected chi connectivity index (χ0v) is 10.6. The number of ether oxygens (including phenoxy) is 1. The first-order valence-electron chi connectivity index (χ1n) is 5.36. The molecule has 0 heterocycles. The summed E-state index contributed by atoms with van der Waals surface area (Å²) in [5.41, 5.74) is 0.0772. The average Bonchev–Trinajstić information content (AvgIpc) is 2.33. The summed E-state index contributed by atoms with van der Waals surface area (Å²) < 4.78 is 18.8. The van der Waals surface area contributed by atoms with Crippen molar-refractivity contribution >= 4 is 17.3 Å². The Kier molecular flexibility index (Phi) is 3.66. The second kappa shape index (κ2) is 5.24. The Balaban J connectivity index is 2.40. The molecule has 0 amide bonds. The third-order valence-electron chi connectivity index (χ3n) is 2.49. The first-order chi connectivity index (χ1) is 8.99. The zero-order valence-electron chi connectivity index (χ0n) is 9.89. The number of aryl methyl sites for hydroxylation is 1. The number of hydrogen-bond acceptors (Lipinski definition) is 3. The molecular weight excluding hydrogens is 273 g/mol. The molecule has 0 N–H and O–H groups in total. The number of benzene rings is 2. The highest BCUT2D eigenvalue weighted by Crippen LogP contribution is 2.34. The van der Waals surface area contributed by atoms with Crippen molar-refractivity contribution in [1.29, 1.82) is 0 Å². The number of hydrogen-bond donors (Lipinski definition) is 0. The third-order valence-corrected chi connectivity index (χ3v) is 2.91. The van der Waals surface area contributed by atoms with E-state index in [1.807, 2.05) is 0 Å². The number of para-hydroxylation sites is 1. The van der Waals surface area contributed by atoms with E-state index in [1.165, 1.54) is 12.1 Å². The van der Waals surface area contributed by atoms with Gasteiger partial charge in [-0.25, -0.2) is 0 Å². The van der Waals surface area contributed by atoms with Crippen LogP contribution in [0.4, 0.5) is 10.1 Å². The van der Waals surface area contributed by atoms with Crippen LogP contribution in [0.5, 0.6) is 11.5 Å². The Morgan fingerprint density at radius 2 is 2.05 bits per heavy atom. The van der Waals surface area contributed by atoms with Gasteiger partial charge in [0, 0.05) is 5.02 Å². The summed E-state index contributed by atoms with van der Waals surface area (Å²) in [6, 6.07) is 8.49. The molecule has 19 heavy (non-hydrogen) atoms. The highest BCUT2D eigenvalue weighted by Gasteiger charge is 2.21. The molecule has 0 fully saturated rings. The molecule has 0 bridgehead atoms. The van der Waals surface area contributed by atoms with E-state index in [0.29, 0.717) is 10.8 Å². The van der Waals surface area contributed by atoms with Crippen molar-refractivity contribution in [2.24, 2.45) is 0 Å². The van der Waals surface area contributed by atoms with Crippen LogP contribution >= 0.6 is 11.6 Å². The van der Waals surface area contributed by atoms with Crippen LogP contribution in [0.1, 0.15) is 5.56 Å². The second-order valence-electron chi connectivity index (χ2n) is 3.86. The molecule has 0 aromatic heterocycles. The molecule has 6 heteroatoms. The van der Waals surface area contributed by atoms with Crippen LogP contribution in [0.25, 0.3) is 0 Å². The molecule has 0 atom stereocenters. The molecular formula is C13H9ClFNO3. The fourth-order valence-corrected chi connectivity index (χ4v) is 1.68. The van der Waals surface area contributed by atoms with Gasteiger partial charge in [0.05, 0.1) is 4.92 Å². The molecule has 98 valence electrons. The van der Waals surface area contributed by atoms with Crippen LogP contribution in [0.2, 0.25) is 5.02 Å². The van der Waals surface area contributed by atoms with Crippen LogP contribution in [0.3, 0.4) is 0 Å². The van der Waals surface area contributed by atoms with Gasteiger partial charge in [-0.15, -0.1) is 0 Å². The van der Waals surface area contributed by atoms with E-state index in [9.17, 15) is 14.5 Å². The monoisotopic (exact) mass is 281 g/mol. The predicted octanol–water partition coefficient (Wildman–Crippen LogP) is 4.49. The molecule has 0 aliphatic rings. The maximum absolute atomic E-state index is 13.4. The smallest absolute Gasteiger partial charge is 0.346 e. The van der Waals surface area contributed by atoms with Gasteiger partial charge in [-0.2, -0.15) is 4.39 Å². The van der Waals surface area contributed by atoms with E-state index in [2.05, 4.69) is 0 Å². The van der Waals surface area contributed by atoms with Gasteiger partial charge in [-0.1, -0.05) is 17.7 Å². The van der Waals surface area contributed by atoms with Crippen LogP contribution in [-0.2, 0) is 0 Å². The summed E-state index contributed by atoms with van der Waals surface area (Å²) in [5.74, 6) is -0.726. The Morgan fingerprint density at radius 1 is 1.32 bits per heavy atom. The molecule has 2 rings (SSSR count). The molecule has 0 saturated carbocycles. The normalized spacial score (nSPS) is 10.3. The lowest BCUT2D eigenvalue weighted by Gasteiger charge is -2.08. The van der Waals surface area contributed by atoms with Gasteiger partial charge in [-0.3, -0.25) is 10.1 Å². The van der Waals surface area contributed by atoms with Crippen LogP contribution in [0.15, 0.2) is 36.4 Å². The van der Waals surface area contributed by atoms with Crippen molar-refractivity contribution in [3.63, 3.8) is 0 Å². The van der Waals surface area contributed by atoms with Crippen molar-refractivity contribution in [2.75, 3.05) is 0 Å². The Morgan fingerprint density at radius 3 is 2.68 bits per heavy atom. The van der Waals surface area contributed by atoms with E-state index >= 15 is 0 Å². The minimum absolute atomic E-state index is 0.147. The van der Waals surface area contributed by atoms with Crippen LogP contribution in [0, 0.1) is 22.9 Å². The molecule has 2 aromatic carbocycles. The second-order valence-corrected chi connectivity index (χ2v) is 4.26. The quantitative estimate of drug-likeness (QED) is 0.615. The highest BCUT2D eigenvalue weighted by atomic mass is 35.5. The van der Waals surface area contributed by atoms with Gasteiger partial charge in [0.1, 0.15) is 5.75 Å². The summed E-state index contributed by atoms with van der Waals surface area (Å²) in [7, 11) is 0. The molecule has 0 aliphatic carbocycles. The lowest BCUT2D eigenvalue weighted by Crippen LogP contribution is -1.96. The van der Waals surface area contributed by atoms with Gasteiger partial charge < -0.3 is 4.74 Å². The molecule has 0 unspecified atom stereocenters.